The van der Waals surface area contributed by atoms with Gasteiger partial charge in [0.2, 0.25) is 5.95 Å². The molecule has 0 saturated carbocycles. The second-order valence-corrected chi connectivity index (χ2v) is 8.96. The molecule has 0 unspecified atom stereocenters. The van der Waals surface area contributed by atoms with Gasteiger partial charge in [-0.05, 0) is 23.8 Å². The first-order chi connectivity index (χ1) is 17.0. The van der Waals surface area contributed by atoms with E-state index in [0.717, 1.165) is 38.3 Å². The minimum Gasteiger partial charge on any atom is -0.383 e. The molecule has 182 valence electrons. The van der Waals surface area contributed by atoms with Crippen molar-refractivity contribution in [2.45, 2.75) is 6.54 Å². The number of methoxy groups -OCH3 is 1. The molecule has 0 bridgehead atoms. The van der Waals surface area contributed by atoms with Crippen molar-refractivity contribution < 1.29 is 9.13 Å². The molecule has 1 fully saturated rings. The van der Waals surface area contributed by atoms with E-state index < -0.39 is 5.82 Å². The molecular weight excluding hydrogens is 469 g/mol. The van der Waals surface area contributed by atoms with Crippen molar-refractivity contribution >= 4 is 34.4 Å². The van der Waals surface area contributed by atoms with E-state index in [4.69, 9.17) is 37.1 Å². The number of aromatic nitrogens is 4. The molecule has 3 heterocycles. The van der Waals surface area contributed by atoms with Gasteiger partial charge in [0.05, 0.1) is 29.3 Å². The molecule has 8 nitrogen and oxygen atoms in total. The third-order valence-electron chi connectivity index (χ3n) is 6.26. The summed E-state index contributed by atoms with van der Waals surface area (Å²) in [6, 6.07) is 14.5. The molecule has 1 saturated heterocycles. The van der Waals surface area contributed by atoms with E-state index in [1.54, 1.807) is 23.9 Å². The number of piperazine rings is 1. The van der Waals surface area contributed by atoms with Gasteiger partial charge in [-0.3, -0.25) is 4.90 Å². The van der Waals surface area contributed by atoms with E-state index in [9.17, 15) is 4.39 Å². The number of nitrogens with zero attached hydrogens (tertiary/aromatic N) is 6. The number of halogens is 2. The van der Waals surface area contributed by atoms with Gasteiger partial charge in [0, 0.05) is 45.4 Å². The predicted molar refractivity (Wildman–Crippen MR) is 136 cm³/mol. The summed E-state index contributed by atoms with van der Waals surface area (Å²) < 4.78 is 20.9. The van der Waals surface area contributed by atoms with Gasteiger partial charge in [0.15, 0.2) is 5.65 Å². The number of nitrogen functional groups attached to an aromatic ring is 1. The Morgan fingerprint density at radius 2 is 1.83 bits per heavy atom. The fourth-order valence-electron chi connectivity index (χ4n) is 4.31. The van der Waals surface area contributed by atoms with Crippen LogP contribution in [-0.4, -0.2) is 71.1 Å². The summed E-state index contributed by atoms with van der Waals surface area (Å²) in [6.07, 6.45) is 0. The Labute approximate surface area is 208 Å². The van der Waals surface area contributed by atoms with Crippen molar-refractivity contribution in [3.8, 4) is 11.3 Å². The fraction of sp³-hybridized carbons (Fsp3) is 0.320. The summed E-state index contributed by atoms with van der Waals surface area (Å²) in [5.74, 6) is 0.541. The van der Waals surface area contributed by atoms with Crippen LogP contribution < -0.4 is 10.6 Å². The average molecular weight is 496 g/mol. The lowest BCUT2D eigenvalue weighted by atomic mass is 10.1. The van der Waals surface area contributed by atoms with E-state index in [0.29, 0.717) is 47.2 Å². The largest absolute Gasteiger partial charge is 0.383 e. The number of rotatable bonds is 7. The monoisotopic (exact) mass is 495 g/mol. The highest BCUT2D eigenvalue weighted by Crippen LogP contribution is 2.34. The Hall–Kier alpha value is -3.27. The minimum atomic E-state index is -0.485. The predicted octanol–water partition coefficient (Wildman–Crippen LogP) is 3.68. The average Bonchev–Trinajstić information content (AvgIpc) is 3.19. The number of anilines is 2. The Bertz CT molecular complexity index is 1320. The van der Waals surface area contributed by atoms with Crippen LogP contribution in [0.4, 0.5) is 16.2 Å². The topological polar surface area (TPSA) is 85.3 Å². The fourth-order valence-corrected chi connectivity index (χ4v) is 4.49. The summed E-state index contributed by atoms with van der Waals surface area (Å²) in [6.45, 7) is 5.42. The molecule has 0 spiro atoms. The van der Waals surface area contributed by atoms with Crippen LogP contribution in [0.25, 0.3) is 22.3 Å². The van der Waals surface area contributed by atoms with Gasteiger partial charge in [-0.15, -0.1) is 5.10 Å². The van der Waals surface area contributed by atoms with Crippen molar-refractivity contribution in [3.05, 3.63) is 64.9 Å². The smallest absolute Gasteiger partial charge is 0.228 e. The van der Waals surface area contributed by atoms with Crippen molar-refractivity contribution in [2.24, 2.45) is 0 Å². The van der Waals surface area contributed by atoms with Gasteiger partial charge < -0.3 is 15.4 Å². The van der Waals surface area contributed by atoms with Crippen LogP contribution in [-0.2, 0) is 11.3 Å². The normalized spacial score (nSPS) is 14.7. The van der Waals surface area contributed by atoms with Crippen molar-refractivity contribution in [2.75, 3.05) is 57.1 Å². The second-order valence-electron chi connectivity index (χ2n) is 8.55. The van der Waals surface area contributed by atoms with Crippen molar-refractivity contribution in [1.29, 1.82) is 0 Å². The summed E-state index contributed by atoms with van der Waals surface area (Å²) in [5, 5.41) is 5.38. The Morgan fingerprint density at radius 3 is 2.54 bits per heavy atom. The third-order valence-corrected chi connectivity index (χ3v) is 6.55. The first kappa shape index (κ1) is 23.5. The number of benzene rings is 2. The van der Waals surface area contributed by atoms with E-state index in [1.165, 1.54) is 6.07 Å². The maximum Gasteiger partial charge on any atom is 0.228 e. The lowest BCUT2D eigenvalue weighted by molar-refractivity contribution is 0.144. The number of ether oxygens (including phenoxy) is 1. The number of hydrogen-bond acceptors (Lipinski definition) is 7. The van der Waals surface area contributed by atoms with Crippen LogP contribution >= 0.6 is 11.6 Å². The summed E-state index contributed by atoms with van der Waals surface area (Å²) in [7, 11) is 1.71. The Balaban J connectivity index is 1.55. The van der Waals surface area contributed by atoms with Crippen molar-refractivity contribution in [3.63, 3.8) is 0 Å². The zero-order valence-electron chi connectivity index (χ0n) is 19.5. The maximum atomic E-state index is 13.9. The quantitative estimate of drug-likeness (QED) is 0.418. The van der Waals surface area contributed by atoms with E-state index in [2.05, 4.69) is 9.80 Å². The van der Waals surface area contributed by atoms with Gasteiger partial charge >= 0.3 is 0 Å². The highest BCUT2D eigenvalue weighted by Gasteiger charge is 2.24. The first-order valence-corrected chi connectivity index (χ1v) is 11.9. The van der Waals surface area contributed by atoms with Crippen LogP contribution in [0.3, 0.4) is 0 Å². The number of hydrogen-bond donors (Lipinski definition) is 1. The molecule has 0 amide bonds. The van der Waals surface area contributed by atoms with Crippen molar-refractivity contribution in [1.82, 2.24) is 24.6 Å². The molecular formula is C25H27ClFN7O. The summed E-state index contributed by atoms with van der Waals surface area (Å²) >= 11 is 6.12. The molecule has 1 aliphatic rings. The minimum absolute atomic E-state index is 0.0258. The highest BCUT2D eigenvalue weighted by atomic mass is 35.5. The third kappa shape index (κ3) is 4.93. The zero-order chi connectivity index (χ0) is 24.4. The zero-order valence-corrected chi connectivity index (χ0v) is 20.2. The molecule has 0 aliphatic carbocycles. The van der Waals surface area contributed by atoms with Gasteiger partial charge in [-0.1, -0.05) is 41.9 Å². The van der Waals surface area contributed by atoms with E-state index >= 15 is 0 Å². The maximum absolute atomic E-state index is 13.9. The van der Waals surface area contributed by atoms with Crippen LogP contribution in [0.5, 0.6) is 0 Å². The second kappa shape index (κ2) is 10.2. The molecule has 1 aliphatic heterocycles. The SMILES string of the molecule is COCCN1CCN(c2nc(-c3ccc(F)c(Cl)c3)c3c(N)n(Cc4ccccc4)nc3n2)CC1. The number of nitrogens with two attached hydrogens (primary N) is 1. The van der Waals surface area contributed by atoms with E-state index in [1.807, 2.05) is 30.3 Å². The molecule has 0 atom stereocenters. The Morgan fingerprint density at radius 1 is 1.06 bits per heavy atom. The van der Waals surface area contributed by atoms with Gasteiger partial charge in [0.25, 0.3) is 0 Å². The van der Waals surface area contributed by atoms with Crippen LogP contribution in [0.2, 0.25) is 5.02 Å². The molecule has 35 heavy (non-hydrogen) atoms. The van der Waals surface area contributed by atoms with Crippen LogP contribution in [0, 0.1) is 5.82 Å². The molecule has 5 rings (SSSR count). The first-order valence-electron chi connectivity index (χ1n) is 11.5. The van der Waals surface area contributed by atoms with Gasteiger partial charge in [-0.2, -0.15) is 4.98 Å². The van der Waals surface area contributed by atoms with Crippen LogP contribution in [0.1, 0.15) is 5.56 Å². The van der Waals surface area contributed by atoms with Gasteiger partial charge in [-0.25, -0.2) is 14.1 Å². The molecule has 2 aromatic carbocycles. The lowest BCUT2D eigenvalue weighted by Crippen LogP contribution is -2.47. The highest BCUT2D eigenvalue weighted by molar-refractivity contribution is 6.31. The van der Waals surface area contributed by atoms with Crippen LogP contribution in [0.15, 0.2) is 48.5 Å². The molecule has 4 aromatic rings. The van der Waals surface area contributed by atoms with E-state index in [-0.39, 0.29) is 5.02 Å². The molecule has 2 N–H and O–H groups in total. The molecule has 10 heteroatoms. The summed E-state index contributed by atoms with van der Waals surface area (Å²) in [4.78, 5) is 14.2. The lowest BCUT2D eigenvalue weighted by Gasteiger charge is -2.34. The van der Waals surface area contributed by atoms with Gasteiger partial charge in [0.1, 0.15) is 11.6 Å². The molecule has 0 radical (unpaired) electrons. The standard InChI is InChI=1S/C25H27ClFN7O/c1-35-14-13-32-9-11-33(12-10-32)25-29-22(18-7-8-20(27)19(26)15-18)21-23(28)34(31-24(21)30-25)16-17-5-3-2-4-6-17/h2-8,15H,9-14,16,28H2,1H3. The number of fused-ring (bicyclic) bond motifs is 1. The Kier molecular flexibility index (Phi) is 6.81. The summed E-state index contributed by atoms with van der Waals surface area (Å²) in [5.41, 5.74) is 9.39. The molecule has 2 aromatic heterocycles.